The number of amides is 4. The Kier molecular flexibility index (Phi) is 4.95. The van der Waals surface area contributed by atoms with Gasteiger partial charge in [-0.05, 0) is 59.7 Å². The Balaban J connectivity index is 1.36. The van der Waals surface area contributed by atoms with Crippen LogP contribution in [0.4, 0.5) is 11.4 Å². The molecule has 0 fully saturated rings. The lowest BCUT2D eigenvalue weighted by molar-refractivity contribution is 0.0910. The third kappa shape index (κ3) is 3.33. The number of nitrogens with zero attached hydrogens (tertiary/aromatic N) is 2. The molecular weight excluding hydrogens is 464 g/mol. The zero-order valence-electron chi connectivity index (χ0n) is 20.3. The summed E-state index contributed by atoms with van der Waals surface area (Å²) in [5.74, 6) is -1.43. The topological polar surface area (TPSA) is 74.8 Å². The minimum Gasteiger partial charge on any atom is -0.268 e. The van der Waals surface area contributed by atoms with Crippen LogP contribution >= 0.6 is 0 Å². The van der Waals surface area contributed by atoms with Crippen LogP contribution in [0.15, 0.2) is 97.1 Å². The number of carbonyl (C=O) groups excluding carboxylic acids is 4. The van der Waals surface area contributed by atoms with E-state index in [0.29, 0.717) is 33.6 Å². The summed E-state index contributed by atoms with van der Waals surface area (Å²) in [6, 6.07) is 28.3. The molecule has 0 spiro atoms. The highest BCUT2D eigenvalue weighted by atomic mass is 16.2. The smallest absolute Gasteiger partial charge is 0.266 e. The summed E-state index contributed by atoms with van der Waals surface area (Å²) in [5.41, 5.74) is 3.50. The van der Waals surface area contributed by atoms with Gasteiger partial charge in [-0.2, -0.15) is 0 Å². The van der Waals surface area contributed by atoms with Gasteiger partial charge in [0.15, 0.2) is 0 Å². The Morgan fingerprint density at radius 1 is 0.459 bits per heavy atom. The second-order valence-electron chi connectivity index (χ2n) is 9.71. The lowest BCUT2D eigenvalue weighted by Crippen LogP contribution is -2.29. The first kappa shape index (κ1) is 22.6. The molecule has 4 amide bonds. The zero-order valence-corrected chi connectivity index (χ0v) is 20.3. The van der Waals surface area contributed by atoms with Crippen molar-refractivity contribution >= 4 is 35.0 Å². The monoisotopic (exact) mass is 486 g/mol. The van der Waals surface area contributed by atoms with E-state index >= 15 is 0 Å². The zero-order chi connectivity index (χ0) is 25.9. The maximum absolute atomic E-state index is 13.2. The van der Waals surface area contributed by atoms with E-state index in [1.807, 2.05) is 38.1 Å². The fraction of sp³-hybridized carbons (Fsp3) is 0.0968. The summed E-state index contributed by atoms with van der Waals surface area (Å²) >= 11 is 0. The van der Waals surface area contributed by atoms with Crippen molar-refractivity contribution in [3.05, 3.63) is 130 Å². The van der Waals surface area contributed by atoms with E-state index in [1.165, 1.54) is 9.80 Å². The van der Waals surface area contributed by atoms with Crippen LogP contribution in [0, 0.1) is 0 Å². The number of hydrogen-bond donors (Lipinski definition) is 0. The molecule has 6 heteroatoms. The Hall–Kier alpha value is -4.84. The molecule has 2 heterocycles. The molecular formula is C31H22N2O4. The summed E-state index contributed by atoms with van der Waals surface area (Å²) < 4.78 is 0. The number of anilines is 2. The van der Waals surface area contributed by atoms with Crippen molar-refractivity contribution < 1.29 is 19.2 Å². The van der Waals surface area contributed by atoms with Crippen molar-refractivity contribution in [2.75, 3.05) is 9.80 Å². The standard InChI is InChI=1S/C31H22N2O4/c1-31(2,19-13-15-23-25(17-19)29(36)32(27(23)34)21-9-5-3-6-10-21)20-14-16-24-26(18-20)30(37)33(28(24)35)22-11-7-4-8-12-22/h3-18H,1-2H3. The quantitative estimate of drug-likeness (QED) is 0.351. The molecule has 0 N–H and O–H groups in total. The highest BCUT2D eigenvalue weighted by Crippen LogP contribution is 2.38. The summed E-state index contributed by atoms with van der Waals surface area (Å²) in [4.78, 5) is 54.9. The van der Waals surface area contributed by atoms with E-state index in [4.69, 9.17) is 0 Å². The lowest BCUT2D eigenvalue weighted by atomic mass is 9.76. The predicted molar refractivity (Wildman–Crippen MR) is 140 cm³/mol. The van der Waals surface area contributed by atoms with Crippen LogP contribution in [-0.2, 0) is 5.41 Å². The minimum absolute atomic E-state index is 0.349. The fourth-order valence-corrected chi connectivity index (χ4v) is 5.05. The van der Waals surface area contributed by atoms with E-state index in [2.05, 4.69) is 0 Å². The molecule has 6 nitrogen and oxygen atoms in total. The molecule has 2 aliphatic rings. The molecule has 0 atom stereocenters. The normalized spacial score (nSPS) is 14.9. The van der Waals surface area contributed by atoms with Crippen molar-refractivity contribution in [2.45, 2.75) is 19.3 Å². The number of para-hydroxylation sites is 2. The molecule has 0 saturated carbocycles. The average molecular weight is 487 g/mol. The van der Waals surface area contributed by atoms with E-state index in [1.54, 1.807) is 72.8 Å². The summed E-state index contributed by atoms with van der Waals surface area (Å²) in [6.07, 6.45) is 0. The molecule has 0 saturated heterocycles. The van der Waals surface area contributed by atoms with Crippen molar-refractivity contribution in [1.29, 1.82) is 0 Å². The van der Waals surface area contributed by atoms with Crippen LogP contribution in [0.5, 0.6) is 0 Å². The van der Waals surface area contributed by atoms with Crippen LogP contribution < -0.4 is 9.80 Å². The molecule has 0 aliphatic carbocycles. The lowest BCUT2D eigenvalue weighted by Gasteiger charge is -2.27. The molecule has 0 bridgehead atoms. The first-order chi connectivity index (χ1) is 17.8. The number of carbonyl (C=O) groups is 4. The second kappa shape index (κ2) is 8.10. The number of benzene rings is 4. The second-order valence-corrected chi connectivity index (χ2v) is 9.71. The van der Waals surface area contributed by atoms with Crippen molar-refractivity contribution in [3.8, 4) is 0 Å². The van der Waals surface area contributed by atoms with Gasteiger partial charge in [0.2, 0.25) is 0 Å². The summed E-state index contributed by atoms with van der Waals surface area (Å²) in [5, 5.41) is 0. The van der Waals surface area contributed by atoms with Gasteiger partial charge in [-0.1, -0.05) is 62.4 Å². The van der Waals surface area contributed by atoms with Gasteiger partial charge in [0, 0.05) is 5.41 Å². The van der Waals surface area contributed by atoms with Gasteiger partial charge >= 0.3 is 0 Å². The van der Waals surface area contributed by atoms with Gasteiger partial charge in [-0.25, -0.2) is 9.80 Å². The molecule has 6 rings (SSSR count). The predicted octanol–water partition coefficient (Wildman–Crippen LogP) is 5.61. The first-order valence-corrected chi connectivity index (χ1v) is 12.0. The molecule has 37 heavy (non-hydrogen) atoms. The van der Waals surface area contributed by atoms with E-state index in [-0.39, 0.29) is 23.6 Å². The summed E-state index contributed by atoms with van der Waals surface area (Å²) in [7, 11) is 0. The number of imide groups is 2. The Morgan fingerprint density at radius 2 is 0.811 bits per heavy atom. The van der Waals surface area contributed by atoms with Crippen molar-refractivity contribution in [1.82, 2.24) is 0 Å². The van der Waals surface area contributed by atoms with E-state index in [0.717, 1.165) is 11.1 Å². The first-order valence-electron chi connectivity index (χ1n) is 12.0. The third-order valence-electron chi connectivity index (χ3n) is 7.25. The summed E-state index contributed by atoms with van der Waals surface area (Å²) in [6.45, 7) is 3.98. The number of hydrogen-bond acceptors (Lipinski definition) is 4. The van der Waals surface area contributed by atoms with E-state index < -0.39 is 5.41 Å². The number of rotatable bonds is 4. The molecule has 4 aromatic carbocycles. The Labute approximate surface area is 213 Å². The number of fused-ring (bicyclic) bond motifs is 2. The van der Waals surface area contributed by atoms with Gasteiger partial charge < -0.3 is 0 Å². The van der Waals surface area contributed by atoms with Crippen LogP contribution in [0.2, 0.25) is 0 Å². The molecule has 2 aliphatic heterocycles. The van der Waals surface area contributed by atoms with Crippen molar-refractivity contribution in [3.63, 3.8) is 0 Å². The van der Waals surface area contributed by atoms with Gasteiger partial charge in [0.05, 0.1) is 33.6 Å². The SMILES string of the molecule is CC(C)(c1ccc2c(c1)C(=O)N(c1ccccc1)C2=O)c1ccc2c(c1)C(=O)N(c1ccccc1)C2=O. The molecule has 4 aromatic rings. The maximum Gasteiger partial charge on any atom is 0.266 e. The molecule has 0 radical (unpaired) electrons. The fourth-order valence-electron chi connectivity index (χ4n) is 5.05. The van der Waals surface area contributed by atoms with Crippen LogP contribution in [0.1, 0.15) is 66.4 Å². The highest BCUT2D eigenvalue weighted by Gasteiger charge is 2.40. The van der Waals surface area contributed by atoms with Gasteiger partial charge in [-0.15, -0.1) is 0 Å². The minimum atomic E-state index is -0.614. The maximum atomic E-state index is 13.2. The van der Waals surface area contributed by atoms with E-state index in [9.17, 15) is 19.2 Å². The Bertz CT molecular complexity index is 1500. The van der Waals surface area contributed by atoms with Crippen LogP contribution in [0.25, 0.3) is 0 Å². The van der Waals surface area contributed by atoms with Crippen molar-refractivity contribution in [2.24, 2.45) is 0 Å². The van der Waals surface area contributed by atoms with Crippen LogP contribution in [-0.4, -0.2) is 23.6 Å². The molecule has 0 unspecified atom stereocenters. The highest BCUT2D eigenvalue weighted by molar-refractivity contribution is 6.35. The van der Waals surface area contributed by atoms with Gasteiger partial charge in [0.25, 0.3) is 23.6 Å². The molecule has 0 aromatic heterocycles. The molecule has 180 valence electrons. The third-order valence-corrected chi connectivity index (χ3v) is 7.25. The Morgan fingerprint density at radius 3 is 1.19 bits per heavy atom. The largest absolute Gasteiger partial charge is 0.268 e. The van der Waals surface area contributed by atoms with Gasteiger partial charge in [-0.3, -0.25) is 19.2 Å². The van der Waals surface area contributed by atoms with Gasteiger partial charge in [0.1, 0.15) is 0 Å². The van der Waals surface area contributed by atoms with Crippen LogP contribution in [0.3, 0.4) is 0 Å². The average Bonchev–Trinajstić information content (AvgIpc) is 3.33.